The zero-order chi connectivity index (χ0) is 11.4. The fourth-order valence-electron chi connectivity index (χ4n) is 3.57. The summed E-state index contributed by atoms with van der Waals surface area (Å²) in [5, 5.41) is 1.18. The Labute approximate surface area is 109 Å². The molecule has 1 saturated heterocycles. The van der Waals surface area contributed by atoms with Gasteiger partial charge in [-0.1, -0.05) is 42.1 Å². The van der Waals surface area contributed by atoms with Gasteiger partial charge in [-0.3, -0.25) is 4.90 Å². The minimum atomic E-state index is 0.863. The van der Waals surface area contributed by atoms with Crippen molar-refractivity contribution in [3.8, 4) is 0 Å². The summed E-state index contributed by atoms with van der Waals surface area (Å²) in [5.74, 6) is 1.90. The van der Waals surface area contributed by atoms with Crippen molar-refractivity contribution in [1.29, 1.82) is 0 Å². The van der Waals surface area contributed by atoms with Crippen LogP contribution < -0.4 is 0 Å². The second-order valence-corrected chi connectivity index (χ2v) is 6.33. The molecule has 1 nitrogen and oxygen atoms in total. The Morgan fingerprint density at radius 1 is 1.19 bits per heavy atom. The van der Waals surface area contributed by atoms with Gasteiger partial charge in [0, 0.05) is 17.9 Å². The molecule has 2 atom stereocenters. The normalized spacial score (nSPS) is 30.0. The maximum Gasteiger partial charge on any atom is 0.0124 e. The Morgan fingerprint density at radius 3 is 2.56 bits per heavy atom. The van der Waals surface area contributed by atoms with E-state index in [-0.39, 0.29) is 0 Å². The van der Waals surface area contributed by atoms with Gasteiger partial charge in [0.05, 0.1) is 0 Å². The van der Waals surface area contributed by atoms with E-state index in [0.717, 1.165) is 17.9 Å². The van der Waals surface area contributed by atoms with Crippen LogP contribution in [0.2, 0.25) is 0 Å². The molecular formula is C14H26BrN. The predicted molar refractivity (Wildman–Crippen MR) is 74.1 cm³/mol. The fraction of sp³-hybridized carbons (Fsp3) is 1.00. The Morgan fingerprint density at radius 2 is 1.94 bits per heavy atom. The molecule has 94 valence electrons. The van der Waals surface area contributed by atoms with Gasteiger partial charge in [0.1, 0.15) is 0 Å². The molecule has 0 aromatic carbocycles. The Kier molecular flexibility index (Phi) is 5.15. The van der Waals surface area contributed by atoms with Gasteiger partial charge < -0.3 is 0 Å². The van der Waals surface area contributed by atoms with Crippen LogP contribution in [-0.4, -0.2) is 29.4 Å². The molecule has 2 rings (SSSR count). The fourth-order valence-corrected chi connectivity index (χ4v) is 4.24. The molecular weight excluding hydrogens is 262 g/mol. The van der Waals surface area contributed by atoms with Crippen LogP contribution in [-0.2, 0) is 0 Å². The van der Waals surface area contributed by atoms with Gasteiger partial charge in [0.15, 0.2) is 0 Å². The topological polar surface area (TPSA) is 3.24 Å². The number of alkyl halides is 1. The summed E-state index contributed by atoms with van der Waals surface area (Å²) in [6.07, 6.45) is 10.2. The van der Waals surface area contributed by atoms with Crippen LogP contribution >= 0.6 is 15.9 Å². The van der Waals surface area contributed by atoms with E-state index in [1.165, 1.54) is 63.4 Å². The molecule has 1 saturated carbocycles. The number of nitrogens with zero attached hydrogens (tertiary/aromatic N) is 1. The molecule has 0 amide bonds. The van der Waals surface area contributed by atoms with Gasteiger partial charge in [-0.25, -0.2) is 0 Å². The second-order valence-electron chi connectivity index (χ2n) is 5.68. The molecule has 0 spiro atoms. The number of hydrogen-bond acceptors (Lipinski definition) is 1. The van der Waals surface area contributed by atoms with Crippen LogP contribution in [0, 0.1) is 11.8 Å². The van der Waals surface area contributed by atoms with Crippen LogP contribution in [0.1, 0.15) is 51.9 Å². The summed E-state index contributed by atoms with van der Waals surface area (Å²) >= 11 is 3.66. The SMILES string of the molecule is CCC(CBr)CN1CCCC1C1CCCC1. The molecule has 1 aliphatic carbocycles. The van der Waals surface area contributed by atoms with E-state index in [1.807, 2.05) is 0 Å². The molecule has 0 N–H and O–H groups in total. The van der Waals surface area contributed by atoms with Gasteiger partial charge >= 0.3 is 0 Å². The van der Waals surface area contributed by atoms with E-state index in [9.17, 15) is 0 Å². The van der Waals surface area contributed by atoms with Crippen molar-refractivity contribution in [3.63, 3.8) is 0 Å². The third-order valence-electron chi connectivity index (χ3n) is 4.65. The molecule has 0 aromatic rings. The van der Waals surface area contributed by atoms with Crippen LogP contribution in [0.25, 0.3) is 0 Å². The summed E-state index contributed by atoms with van der Waals surface area (Å²) in [6.45, 7) is 5.03. The van der Waals surface area contributed by atoms with Crippen molar-refractivity contribution in [1.82, 2.24) is 4.90 Å². The molecule has 2 unspecified atom stereocenters. The van der Waals surface area contributed by atoms with Gasteiger partial charge in [0.2, 0.25) is 0 Å². The summed E-state index contributed by atoms with van der Waals surface area (Å²) < 4.78 is 0. The van der Waals surface area contributed by atoms with Crippen molar-refractivity contribution >= 4 is 15.9 Å². The lowest BCUT2D eigenvalue weighted by Crippen LogP contribution is -2.38. The van der Waals surface area contributed by atoms with Gasteiger partial charge in [-0.05, 0) is 44.1 Å². The van der Waals surface area contributed by atoms with Crippen molar-refractivity contribution in [2.75, 3.05) is 18.4 Å². The third-order valence-corrected chi connectivity index (χ3v) is 5.56. The largest absolute Gasteiger partial charge is 0.300 e. The summed E-state index contributed by atoms with van der Waals surface area (Å²) in [6, 6.07) is 0.940. The third kappa shape index (κ3) is 3.01. The minimum absolute atomic E-state index is 0.863. The summed E-state index contributed by atoms with van der Waals surface area (Å²) in [4.78, 5) is 2.81. The van der Waals surface area contributed by atoms with E-state index in [2.05, 4.69) is 27.8 Å². The lowest BCUT2D eigenvalue weighted by atomic mass is 9.95. The zero-order valence-corrected chi connectivity index (χ0v) is 12.2. The standard InChI is InChI=1S/C14H26BrN/c1-2-12(10-15)11-16-9-5-8-14(16)13-6-3-4-7-13/h12-14H,2-11H2,1H3. The molecule has 0 radical (unpaired) electrons. The summed E-state index contributed by atoms with van der Waals surface area (Å²) in [5.41, 5.74) is 0. The van der Waals surface area contributed by atoms with E-state index in [0.29, 0.717) is 0 Å². The van der Waals surface area contributed by atoms with Crippen molar-refractivity contribution < 1.29 is 0 Å². The number of hydrogen-bond donors (Lipinski definition) is 0. The van der Waals surface area contributed by atoms with E-state index < -0.39 is 0 Å². The van der Waals surface area contributed by atoms with Gasteiger partial charge in [-0.2, -0.15) is 0 Å². The first kappa shape index (κ1) is 12.9. The lowest BCUT2D eigenvalue weighted by Gasteiger charge is -2.31. The highest BCUT2D eigenvalue weighted by Crippen LogP contribution is 2.35. The molecule has 2 heteroatoms. The van der Waals surface area contributed by atoms with Crippen LogP contribution in [0.3, 0.4) is 0 Å². The first-order chi connectivity index (χ1) is 7.85. The summed E-state index contributed by atoms with van der Waals surface area (Å²) in [7, 11) is 0. The molecule has 0 bridgehead atoms. The Hall–Kier alpha value is 0.440. The highest BCUT2D eigenvalue weighted by Gasteiger charge is 2.33. The zero-order valence-electron chi connectivity index (χ0n) is 10.6. The first-order valence-corrected chi connectivity index (χ1v) is 8.27. The second kappa shape index (κ2) is 6.39. The van der Waals surface area contributed by atoms with E-state index >= 15 is 0 Å². The predicted octanol–water partition coefficient (Wildman–Crippen LogP) is 4.06. The molecule has 1 heterocycles. The highest BCUT2D eigenvalue weighted by molar-refractivity contribution is 9.09. The Balaban J connectivity index is 1.87. The highest BCUT2D eigenvalue weighted by atomic mass is 79.9. The molecule has 1 aliphatic heterocycles. The number of likely N-dealkylation sites (tertiary alicyclic amines) is 1. The van der Waals surface area contributed by atoms with Crippen LogP contribution in [0.5, 0.6) is 0 Å². The van der Waals surface area contributed by atoms with Gasteiger partial charge in [-0.15, -0.1) is 0 Å². The smallest absolute Gasteiger partial charge is 0.0124 e. The first-order valence-electron chi connectivity index (χ1n) is 7.15. The van der Waals surface area contributed by atoms with Crippen molar-refractivity contribution in [2.45, 2.75) is 57.9 Å². The molecule has 0 aromatic heterocycles. The van der Waals surface area contributed by atoms with Crippen molar-refractivity contribution in [2.24, 2.45) is 11.8 Å². The van der Waals surface area contributed by atoms with Crippen LogP contribution in [0.4, 0.5) is 0 Å². The quantitative estimate of drug-likeness (QED) is 0.689. The number of rotatable bonds is 5. The van der Waals surface area contributed by atoms with Crippen LogP contribution in [0.15, 0.2) is 0 Å². The molecule has 2 aliphatic rings. The molecule has 2 fully saturated rings. The maximum absolute atomic E-state index is 3.66. The van der Waals surface area contributed by atoms with Gasteiger partial charge in [0.25, 0.3) is 0 Å². The average Bonchev–Trinajstić information content (AvgIpc) is 2.95. The average molecular weight is 288 g/mol. The molecule has 16 heavy (non-hydrogen) atoms. The van der Waals surface area contributed by atoms with E-state index in [4.69, 9.17) is 0 Å². The number of halogens is 1. The van der Waals surface area contributed by atoms with E-state index in [1.54, 1.807) is 0 Å². The maximum atomic E-state index is 3.66. The minimum Gasteiger partial charge on any atom is -0.300 e. The van der Waals surface area contributed by atoms with Crippen molar-refractivity contribution in [3.05, 3.63) is 0 Å². The lowest BCUT2D eigenvalue weighted by molar-refractivity contribution is 0.168. The monoisotopic (exact) mass is 287 g/mol. The Bertz CT molecular complexity index is 197.